The van der Waals surface area contributed by atoms with E-state index in [1.165, 1.54) is 0 Å². The van der Waals surface area contributed by atoms with Gasteiger partial charge in [0.25, 0.3) is 0 Å². The van der Waals surface area contributed by atoms with Crippen molar-refractivity contribution in [3.63, 3.8) is 0 Å². The maximum atomic E-state index is 13.8. The van der Waals surface area contributed by atoms with Crippen LogP contribution in [0.1, 0.15) is 18.8 Å². The third-order valence-corrected chi connectivity index (χ3v) is 6.28. The summed E-state index contributed by atoms with van der Waals surface area (Å²) in [5, 5.41) is 18.4. The lowest BCUT2D eigenvalue weighted by atomic mass is 9.80. The molecule has 2 saturated heterocycles. The molecule has 0 spiro atoms. The van der Waals surface area contributed by atoms with E-state index >= 15 is 0 Å². The number of fused-ring (bicyclic) bond motifs is 1. The topological polar surface area (TPSA) is 122 Å². The third kappa shape index (κ3) is 4.24. The molecule has 1 N–H and O–H groups in total. The summed E-state index contributed by atoms with van der Waals surface area (Å²) in [7, 11) is 0. The summed E-state index contributed by atoms with van der Waals surface area (Å²) in [6, 6.07) is 10.2. The van der Waals surface area contributed by atoms with Gasteiger partial charge in [0, 0.05) is 18.1 Å². The van der Waals surface area contributed by atoms with Crippen LogP contribution in [-0.2, 0) is 34.1 Å². The molecule has 2 aliphatic rings. The lowest BCUT2D eigenvalue weighted by Gasteiger charge is -2.50. The molecule has 194 valence electrons. The van der Waals surface area contributed by atoms with Gasteiger partial charge < -0.3 is 24.1 Å². The molecule has 0 bridgehead atoms. The van der Waals surface area contributed by atoms with Crippen LogP contribution in [0.2, 0.25) is 0 Å². The highest BCUT2D eigenvalue weighted by atomic mass is 19.2. The van der Waals surface area contributed by atoms with Crippen molar-refractivity contribution in [2.75, 3.05) is 13.2 Å². The molecule has 37 heavy (non-hydrogen) atoms. The first kappa shape index (κ1) is 24.9. The van der Waals surface area contributed by atoms with E-state index in [1.807, 2.05) is 0 Å². The van der Waals surface area contributed by atoms with Gasteiger partial charge in [-0.15, -0.1) is 5.10 Å². The van der Waals surface area contributed by atoms with E-state index in [-0.39, 0.29) is 24.5 Å². The molecule has 3 heterocycles. The molecule has 10 nitrogen and oxygen atoms in total. The highest BCUT2D eigenvalue weighted by Crippen LogP contribution is 2.43. The lowest BCUT2D eigenvalue weighted by Crippen LogP contribution is -2.71. The van der Waals surface area contributed by atoms with Crippen molar-refractivity contribution in [1.29, 1.82) is 0 Å². The van der Waals surface area contributed by atoms with Crippen molar-refractivity contribution in [1.82, 2.24) is 15.0 Å². The molecule has 0 aliphatic carbocycles. The van der Waals surface area contributed by atoms with Crippen molar-refractivity contribution in [2.24, 2.45) is 0 Å². The van der Waals surface area contributed by atoms with E-state index < -0.39 is 59.5 Å². The zero-order chi connectivity index (χ0) is 26.3. The SMILES string of the molecule is CC(=O)O[C@H]1CO[C@@H]2CO[C@H](c3ccccc3)O[C@@H]2[C@@]1(C(=O)O)n1cc(-c2cc(F)c(F)c(F)c2)nn1. The van der Waals surface area contributed by atoms with Gasteiger partial charge in [0.15, 0.2) is 29.8 Å². The van der Waals surface area contributed by atoms with Gasteiger partial charge in [-0.25, -0.2) is 22.6 Å². The fourth-order valence-electron chi connectivity index (χ4n) is 4.60. The molecule has 2 aliphatic heterocycles. The summed E-state index contributed by atoms with van der Waals surface area (Å²) in [5.41, 5.74) is -1.96. The number of benzene rings is 2. The van der Waals surface area contributed by atoms with Crippen molar-refractivity contribution in [3.05, 3.63) is 71.7 Å². The molecule has 0 unspecified atom stereocenters. The second-order valence-corrected chi connectivity index (χ2v) is 8.54. The van der Waals surface area contributed by atoms with Gasteiger partial charge in [0.05, 0.1) is 19.4 Å². The van der Waals surface area contributed by atoms with E-state index in [0.717, 1.165) is 17.8 Å². The Balaban J connectivity index is 1.62. The number of hydrogen-bond acceptors (Lipinski definition) is 8. The Labute approximate surface area is 207 Å². The number of halogens is 3. The summed E-state index contributed by atoms with van der Waals surface area (Å²) in [4.78, 5) is 25.0. The van der Waals surface area contributed by atoms with E-state index in [9.17, 15) is 27.9 Å². The Bertz CT molecular complexity index is 1320. The van der Waals surface area contributed by atoms with Crippen molar-refractivity contribution in [2.45, 2.75) is 37.1 Å². The van der Waals surface area contributed by atoms with E-state index in [4.69, 9.17) is 18.9 Å². The minimum absolute atomic E-state index is 0.0536. The minimum Gasteiger partial charge on any atom is -0.479 e. The van der Waals surface area contributed by atoms with Crippen LogP contribution in [0.5, 0.6) is 0 Å². The number of carboxylic acids is 1. The van der Waals surface area contributed by atoms with Crippen LogP contribution in [0.15, 0.2) is 48.7 Å². The molecule has 0 amide bonds. The van der Waals surface area contributed by atoms with Gasteiger partial charge >= 0.3 is 11.9 Å². The number of hydrogen-bond donors (Lipinski definition) is 1. The molecule has 2 aromatic carbocycles. The molecule has 5 atom stereocenters. The number of ether oxygens (including phenoxy) is 4. The standard InChI is InChI=1S/C24H20F3N3O7/c1-12(31)36-19-11-34-18-10-35-22(13-5-3-2-4-6-13)37-21(18)24(19,23(32)33)30-9-17(28-29-30)14-7-15(25)20(27)16(26)8-14/h2-9,18-19,21-22H,10-11H2,1H3,(H,32,33)/t18-,19+,21+,22+,24+/m1/s1. The summed E-state index contributed by atoms with van der Waals surface area (Å²) >= 11 is 0. The monoisotopic (exact) mass is 519 g/mol. The number of aliphatic carboxylic acids is 1. The molecule has 13 heteroatoms. The van der Waals surface area contributed by atoms with Crippen molar-refractivity contribution >= 4 is 11.9 Å². The molecule has 5 rings (SSSR count). The van der Waals surface area contributed by atoms with E-state index in [2.05, 4.69) is 10.3 Å². The minimum atomic E-state index is -2.21. The van der Waals surface area contributed by atoms with Gasteiger partial charge in [-0.1, -0.05) is 35.5 Å². The number of rotatable bonds is 5. The van der Waals surface area contributed by atoms with Crippen LogP contribution in [0, 0.1) is 17.5 Å². The van der Waals surface area contributed by atoms with Crippen molar-refractivity contribution < 1.29 is 46.8 Å². The maximum Gasteiger partial charge on any atom is 0.338 e. The molecule has 2 fully saturated rings. The van der Waals surface area contributed by atoms with E-state index in [1.54, 1.807) is 30.3 Å². The van der Waals surface area contributed by atoms with Gasteiger partial charge in [0.1, 0.15) is 17.9 Å². The Morgan fingerprint density at radius 3 is 2.46 bits per heavy atom. The molecular weight excluding hydrogens is 499 g/mol. The predicted molar refractivity (Wildman–Crippen MR) is 116 cm³/mol. The fraction of sp³-hybridized carbons (Fsp3) is 0.333. The van der Waals surface area contributed by atoms with Gasteiger partial charge in [-0.2, -0.15) is 0 Å². The quantitative estimate of drug-likeness (QED) is 0.400. The first-order chi connectivity index (χ1) is 17.7. The first-order valence-corrected chi connectivity index (χ1v) is 11.1. The Morgan fingerprint density at radius 2 is 1.81 bits per heavy atom. The smallest absolute Gasteiger partial charge is 0.338 e. The number of carbonyl (C=O) groups excluding carboxylic acids is 1. The summed E-state index contributed by atoms with van der Waals surface area (Å²) in [6.07, 6.45) is -3.52. The van der Waals surface area contributed by atoms with E-state index in [0.29, 0.717) is 17.7 Å². The molecule has 3 aromatic rings. The van der Waals surface area contributed by atoms with Crippen LogP contribution in [0.4, 0.5) is 13.2 Å². The van der Waals surface area contributed by atoms with Crippen LogP contribution < -0.4 is 0 Å². The highest BCUT2D eigenvalue weighted by molar-refractivity contribution is 5.80. The normalized spacial score (nSPS) is 27.4. The largest absolute Gasteiger partial charge is 0.479 e. The van der Waals surface area contributed by atoms with Gasteiger partial charge in [-0.05, 0) is 12.1 Å². The zero-order valence-corrected chi connectivity index (χ0v) is 19.2. The van der Waals surface area contributed by atoms with Crippen LogP contribution in [-0.4, -0.2) is 63.6 Å². The maximum absolute atomic E-state index is 13.8. The zero-order valence-electron chi connectivity index (χ0n) is 19.2. The molecular formula is C24H20F3N3O7. The first-order valence-electron chi connectivity index (χ1n) is 11.1. The number of esters is 1. The molecule has 0 radical (unpaired) electrons. The Hall–Kier alpha value is -3.81. The fourth-order valence-corrected chi connectivity index (χ4v) is 4.60. The highest BCUT2D eigenvalue weighted by Gasteiger charge is 2.65. The number of carbonyl (C=O) groups is 2. The average Bonchev–Trinajstić information content (AvgIpc) is 3.37. The average molecular weight is 519 g/mol. The Morgan fingerprint density at radius 1 is 1.11 bits per heavy atom. The molecule has 0 saturated carbocycles. The van der Waals surface area contributed by atoms with Gasteiger partial charge in [-0.3, -0.25) is 4.79 Å². The summed E-state index contributed by atoms with van der Waals surface area (Å²) in [5.74, 6) is -6.85. The van der Waals surface area contributed by atoms with Crippen LogP contribution >= 0.6 is 0 Å². The second-order valence-electron chi connectivity index (χ2n) is 8.54. The lowest BCUT2D eigenvalue weighted by molar-refractivity contribution is -0.321. The number of carboxylic acid groups (broad SMARTS) is 1. The second kappa shape index (κ2) is 9.57. The van der Waals surface area contributed by atoms with Crippen LogP contribution in [0.25, 0.3) is 11.3 Å². The number of aromatic nitrogens is 3. The van der Waals surface area contributed by atoms with Crippen molar-refractivity contribution in [3.8, 4) is 11.3 Å². The van der Waals surface area contributed by atoms with Crippen LogP contribution in [0.3, 0.4) is 0 Å². The third-order valence-electron chi connectivity index (χ3n) is 6.28. The summed E-state index contributed by atoms with van der Waals surface area (Å²) < 4.78 is 65.0. The van der Waals surface area contributed by atoms with Gasteiger partial charge in [0.2, 0.25) is 5.54 Å². The Kier molecular flexibility index (Phi) is 6.43. The summed E-state index contributed by atoms with van der Waals surface area (Å²) in [6.45, 7) is 0.708. The predicted octanol–water partition coefficient (Wildman–Crippen LogP) is 2.59. The molecule has 1 aromatic heterocycles. The number of nitrogens with zero attached hydrogens (tertiary/aromatic N) is 3.